The lowest BCUT2D eigenvalue weighted by Crippen LogP contribution is -2.27. The summed E-state index contributed by atoms with van der Waals surface area (Å²) in [6, 6.07) is 1.09. The Hall–Kier alpha value is -0.610. The molecule has 1 heterocycles. The smallest absolute Gasteiger partial charge is 0.185 e. The van der Waals surface area contributed by atoms with Crippen molar-refractivity contribution >= 4 is 16.5 Å². The maximum absolute atomic E-state index is 4.92. The largest absolute Gasteiger partial charge is 0.348 e. The Morgan fingerprint density at radius 3 is 2.58 bits per heavy atom. The fourth-order valence-corrected chi connectivity index (χ4v) is 3.22. The third kappa shape index (κ3) is 3.69. The van der Waals surface area contributed by atoms with E-state index >= 15 is 0 Å². The summed E-state index contributed by atoms with van der Waals surface area (Å²) >= 11 is 1.87. The van der Waals surface area contributed by atoms with E-state index in [-0.39, 0.29) is 0 Å². The van der Waals surface area contributed by atoms with Crippen molar-refractivity contribution in [2.24, 2.45) is 0 Å². The highest BCUT2D eigenvalue weighted by atomic mass is 32.1. The molecule has 1 unspecified atom stereocenters. The van der Waals surface area contributed by atoms with E-state index in [0.717, 1.165) is 18.9 Å². The van der Waals surface area contributed by atoms with Gasteiger partial charge in [-0.15, -0.1) is 11.3 Å². The van der Waals surface area contributed by atoms with E-state index in [1.807, 2.05) is 11.3 Å². The van der Waals surface area contributed by atoms with Crippen LogP contribution in [0.5, 0.6) is 0 Å². The first-order valence-corrected chi connectivity index (χ1v) is 8.30. The second-order valence-corrected chi connectivity index (χ2v) is 7.04. The third-order valence-electron chi connectivity index (χ3n) is 3.90. The van der Waals surface area contributed by atoms with Gasteiger partial charge in [-0.25, -0.2) is 4.98 Å². The van der Waals surface area contributed by atoms with Crippen molar-refractivity contribution in [2.45, 2.75) is 71.5 Å². The normalized spacial score (nSPS) is 16.9. The van der Waals surface area contributed by atoms with E-state index in [4.69, 9.17) is 4.98 Å². The highest BCUT2D eigenvalue weighted by Crippen LogP contribution is 2.44. The molecule has 108 valence electrons. The first-order valence-electron chi connectivity index (χ1n) is 7.48. The van der Waals surface area contributed by atoms with Gasteiger partial charge in [0.2, 0.25) is 0 Å². The molecule has 1 aliphatic carbocycles. The van der Waals surface area contributed by atoms with Crippen molar-refractivity contribution in [3.05, 3.63) is 10.6 Å². The van der Waals surface area contributed by atoms with Gasteiger partial charge in [-0.3, -0.25) is 0 Å². The lowest BCUT2D eigenvalue weighted by atomic mass is 10.2. The van der Waals surface area contributed by atoms with Gasteiger partial charge < -0.3 is 10.2 Å². The lowest BCUT2D eigenvalue weighted by Gasteiger charge is -2.22. The Morgan fingerprint density at radius 2 is 2.05 bits per heavy atom. The molecular formula is C15H27N3S. The third-order valence-corrected chi connectivity index (χ3v) is 5.07. The quantitative estimate of drug-likeness (QED) is 0.825. The highest BCUT2D eigenvalue weighted by molar-refractivity contribution is 7.15. The van der Waals surface area contributed by atoms with Crippen LogP contribution in [0.1, 0.15) is 63.4 Å². The number of aromatic nitrogens is 1. The fraction of sp³-hybridized carbons (Fsp3) is 0.800. The minimum Gasteiger partial charge on any atom is -0.348 e. The maximum atomic E-state index is 4.92. The van der Waals surface area contributed by atoms with Gasteiger partial charge in [0, 0.05) is 36.5 Å². The number of thiazole rings is 1. The van der Waals surface area contributed by atoms with Crippen molar-refractivity contribution in [3.8, 4) is 0 Å². The molecule has 0 bridgehead atoms. The predicted molar refractivity (Wildman–Crippen MR) is 84.2 cm³/mol. The summed E-state index contributed by atoms with van der Waals surface area (Å²) in [7, 11) is 2.17. The van der Waals surface area contributed by atoms with Crippen molar-refractivity contribution < 1.29 is 0 Å². The molecule has 0 aliphatic heterocycles. The van der Waals surface area contributed by atoms with Gasteiger partial charge in [0.1, 0.15) is 0 Å². The van der Waals surface area contributed by atoms with Crippen LogP contribution in [0.2, 0.25) is 0 Å². The summed E-state index contributed by atoms with van der Waals surface area (Å²) in [5.74, 6) is 0.735. The number of anilines is 1. The fourth-order valence-electron chi connectivity index (χ4n) is 2.06. The summed E-state index contributed by atoms with van der Waals surface area (Å²) in [4.78, 5) is 8.70. The average molecular weight is 281 g/mol. The molecule has 2 rings (SSSR count). The Balaban J connectivity index is 2.14. The van der Waals surface area contributed by atoms with Gasteiger partial charge in [0.05, 0.1) is 5.69 Å². The van der Waals surface area contributed by atoms with Crippen LogP contribution >= 0.6 is 11.3 Å². The van der Waals surface area contributed by atoms with Gasteiger partial charge in [-0.1, -0.05) is 20.8 Å². The Kier molecular flexibility index (Phi) is 4.85. The monoisotopic (exact) mass is 281 g/mol. The molecule has 0 amide bonds. The maximum Gasteiger partial charge on any atom is 0.185 e. The Morgan fingerprint density at radius 1 is 1.37 bits per heavy atom. The second-order valence-electron chi connectivity index (χ2n) is 5.98. The van der Waals surface area contributed by atoms with Crippen molar-refractivity contribution in [1.29, 1.82) is 0 Å². The molecule has 1 fully saturated rings. The Bertz CT molecular complexity index is 410. The van der Waals surface area contributed by atoms with E-state index in [1.54, 1.807) is 0 Å². The zero-order valence-electron chi connectivity index (χ0n) is 12.9. The number of hydrogen-bond donors (Lipinski definition) is 1. The van der Waals surface area contributed by atoms with E-state index in [9.17, 15) is 0 Å². The SMILES string of the molecule is CCC(C)N(C)c1nc(C2CC2)c(CNC(C)C)s1. The van der Waals surface area contributed by atoms with Gasteiger partial charge in [0.15, 0.2) is 5.13 Å². The lowest BCUT2D eigenvalue weighted by molar-refractivity contribution is 0.590. The Labute approximate surface area is 121 Å². The number of nitrogens with one attached hydrogen (secondary N) is 1. The number of rotatable bonds is 7. The zero-order chi connectivity index (χ0) is 14.0. The molecule has 0 aromatic carbocycles. The van der Waals surface area contributed by atoms with Crippen molar-refractivity contribution in [3.63, 3.8) is 0 Å². The van der Waals surface area contributed by atoms with E-state index < -0.39 is 0 Å². The predicted octanol–water partition coefficient (Wildman–Crippen LogP) is 3.75. The molecule has 1 aliphatic rings. The summed E-state index contributed by atoms with van der Waals surface area (Å²) < 4.78 is 0. The molecule has 1 atom stereocenters. The van der Waals surface area contributed by atoms with Crippen LogP contribution in [-0.4, -0.2) is 24.1 Å². The minimum absolute atomic E-state index is 0.532. The van der Waals surface area contributed by atoms with Crippen LogP contribution in [0.3, 0.4) is 0 Å². The molecule has 0 spiro atoms. The molecule has 0 saturated heterocycles. The first kappa shape index (κ1) is 14.8. The first-order chi connectivity index (χ1) is 9.02. The molecule has 4 heteroatoms. The molecule has 1 saturated carbocycles. The van der Waals surface area contributed by atoms with Crippen molar-refractivity contribution in [1.82, 2.24) is 10.3 Å². The molecule has 1 aromatic rings. The van der Waals surface area contributed by atoms with Gasteiger partial charge in [-0.2, -0.15) is 0 Å². The average Bonchev–Trinajstić information content (AvgIpc) is 3.14. The van der Waals surface area contributed by atoms with Gasteiger partial charge >= 0.3 is 0 Å². The molecule has 1 N–H and O–H groups in total. The molecule has 3 nitrogen and oxygen atoms in total. The van der Waals surface area contributed by atoms with Gasteiger partial charge in [0.25, 0.3) is 0 Å². The second kappa shape index (κ2) is 6.23. The minimum atomic E-state index is 0.532. The molecule has 0 radical (unpaired) electrons. The molecular weight excluding hydrogens is 254 g/mol. The van der Waals surface area contributed by atoms with Crippen LogP contribution < -0.4 is 10.2 Å². The summed E-state index contributed by atoms with van der Waals surface area (Å²) in [5, 5.41) is 4.72. The van der Waals surface area contributed by atoms with Crippen molar-refractivity contribution in [2.75, 3.05) is 11.9 Å². The number of nitrogens with zero attached hydrogens (tertiary/aromatic N) is 2. The van der Waals surface area contributed by atoms with Crippen LogP contribution in [0.25, 0.3) is 0 Å². The highest BCUT2D eigenvalue weighted by Gasteiger charge is 2.30. The van der Waals surface area contributed by atoms with Gasteiger partial charge in [-0.05, 0) is 26.2 Å². The van der Waals surface area contributed by atoms with Crippen LogP contribution in [0.4, 0.5) is 5.13 Å². The summed E-state index contributed by atoms with van der Waals surface area (Å²) in [5.41, 5.74) is 1.36. The van der Waals surface area contributed by atoms with E-state index in [0.29, 0.717) is 12.1 Å². The van der Waals surface area contributed by atoms with E-state index in [2.05, 4.69) is 45.0 Å². The molecule has 19 heavy (non-hydrogen) atoms. The van der Waals surface area contributed by atoms with E-state index in [1.165, 1.54) is 28.5 Å². The zero-order valence-corrected chi connectivity index (χ0v) is 13.7. The van der Waals surface area contributed by atoms with Crippen LogP contribution in [0, 0.1) is 0 Å². The molecule has 1 aromatic heterocycles. The summed E-state index contributed by atoms with van der Waals surface area (Å²) in [6.45, 7) is 9.87. The van der Waals surface area contributed by atoms with Crippen LogP contribution in [0.15, 0.2) is 0 Å². The topological polar surface area (TPSA) is 28.2 Å². The number of hydrogen-bond acceptors (Lipinski definition) is 4. The van der Waals surface area contributed by atoms with Crippen LogP contribution in [-0.2, 0) is 6.54 Å². The standard InChI is InChI=1S/C15H27N3S/c1-6-11(4)18(5)15-17-14(12-7-8-12)13(19-15)9-16-10(2)3/h10-12,16H,6-9H2,1-5H3. The summed E-state index contributed by atoms with van der Waals surface area (Å²) in [6.07, 6.45) is 3.81.